The fourth-order valence-electron chi connectivity index (χ4n) is 4.89. The lowest BCUT2D eigenvalue weighted by Crippen LogP contribution is -2.46. The SMILES string of the molecule is O=C(NC1CCCCC1)[C@@H](c1cccc([N+](=O)[O-])c1)N1Cc2conc2-c2ccccc2C1=O. The van der Waals surface area contributed by atoms with Crippen molar-refractivity contribution in [2.24, 2.45) is 0 Å². The highest BCUT2D eigenvalue weighted by atomic mass is 16.6. The molecule has 1 aliphatic heterocycles. The van der Waals surface area contributed by atoms with E-state index in [1.165, 1.54) is 29.4 Å². The van der Waals surface area contributed by atoms with Crippen LogP contribution >= 0.6 is 0 Å². The Bertz CT molecular complexity index is 1250. The van der Waals surface area contributed by atoms with E-state index in [2.05, 4.69) is 10.5 Å². The van der Waals surface area contributed by atoms with Crippen LogP contribution in [0.1, 0.15) is 59.6 Å². The third-order valence-corrected chi connectivity index (χ3v) is 6.57. The van der Waals surface area contributed by atoms with Crippen LogP contribution in [0.3, 0.4) is 0 Å². The van der Waals surface area contributed by atoms with E-state index in [0.717, 1.165) is 32.1 Å². The van der Waals surface area contributed by atoms with Gasteiger partial charge in [0.25, 0.3) is 11.6 Å². The Morgan fingerprint density at radius 1 is 1.12 bits per heavy atom. The van der Waals surface area contributed by atoms with Crippen LogP contribution in [0.4, 0.5) is 5.69 Å². The first-order chi connectivity index (χ1) is 16.5. The number of carbonyl (C=O) groups excluding carboxylic acids is 2. The van der Waals surface area contributed by atoms with Crippen molar-refractivity contribution in [1.29, 1.82) is 0 Å². The van der Waals surface area contributed by atoms with Crippen molar-refractivity contribution >= 4 is 17.5 Å². The van der Waals surface area contributed by atoms with Crippen LogP contribution in [0, 0.1) is 10.1 Å². The number of aromatic nitrogens is 1. The minimum Gasteiger partial charge on any atom is -0.364 e. The summed E-state index contributed by atoms with van der Waals surface area (Å²) in [5.41, 5.74) is 2.49. The first-order valence-corrected chi connectivity index (χ1v) is 11.4. The van der Waals surface area contributed by atoms with Crippen LogP contribution in [0.5, 0.6) is 0 Å². The van der Waals surface area contributed by atoms with E-state index in [9.17, 15) is 19.7 Å². The van der Waals surface area contributed by atoms with Gasteiger partial charge in [0.1, 0.15) is 18.0 Å². The molecule has 1 atom stereocenters. The van der Waals surface area contributed by atoms with Crippen molar-refractivity contribution in [2.45, 2.75) is 50.7 Å². The molecule has 174 valence electrons. The smallest absolute Gasteiger partial charge is 0.269 e. The summed E-state index contributed by atoms with van der Waals surface area (Å²) in [5, 5.41) is 18.6. The molecule has 2 aliphatic rings. The fourth-order valence-corrected chi connectivity index (χ4v) is 4.89. The number of nitro groups is 1. The molecule has 2 amide bonds. The molecule has 5 rings (SSSR count). The first kappa shape index (κ1) is 21.8. The Kier molecular flexibility index (Phi) is 5.83. The van der Waals surface area contributed by atoms with Crippen LogP contribution < -0.4 is 5.32 Å². The van der Waals surface area contributed by atoms with Gasteiger partial charge in [0, 0.05) is 34.9 Å². The van der Waals surface area contributed by atoms with Gasteiger partial charge in [0.15, 0.2) is 0 Å². The van der Waals surface area contributed by atoms with Gasteiger partial charge < -0.3 is 14.7 Å². The Morgan fingerprint density at radius 2 is 1.88 bits per heavy atom. The van der Waals surface area contributed by atoms with Gasteiger partial charge in [-0.1, -0.05) is 54.8 Å². The first-order valence-electron chi connectivity index (χ1n) is 11.4. The van der Waals surface area contributed by atoms with Crippen molar-refractivity contribution in [2.75, 3.05) is 0 Å². The molecule has 34 heavy (non-hydrogen) atoms. The van der Waals surface area contributed by atoms with Gasteiger partial charge in [-0.3, -0.25) is 19.7 Å². The second-order valence-corrected chi connectivity index (χ2v) is 8.77. The molecular formula is C25H24N4O5. The van der Waals surface area contributed by atoms with Crippen molar-refractivity contribution in [3.63, 3.8) is 0 Å². The molecule has 0 radical (unpaired) electrons. The van der Waals surface area contributed by atoms with Crippen LogP contribution in [-0.2, 0) is 11.3 Å². The largest absolute Gasteiger partial charge is 0.364 e. The third-order valence-electron chi connectivity index (χ3n) is 6.57. The molecular weight excluding hydrogens is 436 g/mol. The highest BCUT2D eigenvalue weighted by Gasteiger charge is 2.38. The van der Waals surface area contributed by atoms with E-state index in [4.69, 9.17) is 4.52 Å². The zero-order valence-electron chi connectivity index (χ0n) is 18.5. The summed E-state index contributed by atoms with van der Waals surface area (Å²) in [6.07, 6.45) is 6.43. The number of amides is 2. The Morgan fingerprint density at radius 3 is 2.65 bits per heavy atom. The van der Waals surface area contributed by atoms with Crippen LogP contribution in [0.15, 0.2) is 59.3 Å². The molecule has 0 unspecified atom stereocenters. The van der Waals surface area contributed by atoms with Crippen molar-refractivity contribution in [1.82, 2.24) is 15.4 Å². The fraction of sp³-hybridized carbons (Fsp3) is 0.320. The zero-order chi connectivity index (χ0) is 23.7. The lowest BCUT2D eigenvalue weighted by molar-refractivity contribution is -0.384. The van der Waals surface area contributed by atoms with E-state index in [1.807, 2.05) is 6.07 Å². The van der Waals surface area contributed by atoms with Gasteiger partial charge in [-0.2, -0.15) is 0 Å². The molecule has 9 nitrogen and oxygen atoms in total. The number of non-ortho nitro benzene ring substituents is 1. The van der Waals surface area contributed by atoms with Gasteiger partial charge in [0.05, 0.1) is 11.5 Å². The summed E-state index contributed by atoms with van der Waals surface area (Å²) in [5.74, 6) is -0.693. The molecule has 1 saturated carbocycles. The van der Waals surface area contributed by atoms with E-state index >= 15 is 0 Å². The normalized spacial score (nSPS) is 16.8. The number of benzene rings is 2. The molecule has 2 aromatic carbocycles. The summed E-state index contributed by atoms with van der Waals surface area (Å²) in [6, 6.07) is 11.9. The standard InChI is InChI=1S/C25H24N4O5/c30-24(26-18-8-2-1-3-9-18)23(16-7-6-10-19(13-16)29(32)33)28-14-17-15-34-27-22(17)20-11-4-5-12-21(20)25(28)31/h4-7,10-13,15,18,23H,1-3,8-9,14H2,(H,26,30)/t23-/m1/s1. The maximum atomic E-state index is 13.8. The number of nitrogens with zero attached hydrogens (tertiary/aromatic N) is 3. The minimum absolute atomic E-state index is 0.0166. The summed E-state index contributed by atoms with van der Waals surface area (Å²) in [4.78, 5) is 39.9. The van der Waals surface area contributed by atoms with Gasteiger partial charge in [-0.05, 0) is 24.5 Å². The molecule has 1 aromatic heterocycles. The Balaban J connectivity index is 1.59. The second kappa shape index (κ2) is 9.09. The molecule has 1 aliphatic carbocycles. The van der Waals surface area contributed by atoms with E-state index in [-0.39, 0.29) is 30.1 Å². The topological polar surface area (TPSA) is 119 Å². The average Bonchev–Trinajstić information content (AvgIpc) is 3.28. The quantitative estimate of drug-likeness (QED) is 0.445. The molecule has 2 heterocycles. The van der Waals surface area contributed by atoms with Gasteiger partial charge in [-0.25, -0.2) is 0 Å². The van der Waals surface area contributed by atoms with E-state index < -0.39 is 11.0 Å². The van der Waals surface area contributed by atoms with Gasteiger partial charge in [-0.15, -0.1) is 0 Å². The molecule has 9 heteroatoms. The summed E-state index contributed by atoms with van der Waals surface area (Å²) in [6.45, 7) is 0.0811. The van der Waals surface area contributed by atoms with Crippen LogP contribution in [0.25, 0.3) is 11.3 Å². The number of carbonyl (C=O) groups is 2. The maximum absolute atomic E-state index is 13.8. The van der Waals surface area contributed by atoms with Crippen molar-refractivity contribution in [3.8, 4) is 11.3 Å². The number of nitrogens with one attached hydrogen (secondary N) is 1. The van der Waals surface area contributed by atoms with Crippen molar-refractivity contribution < 1.29 is 19.0 Å². The second-order valence-electron chi connectivity index (χ2n) is 8.77. The average molecular weight is 460 g/mol. The monoisotopic (exact) mass is 460 g/mol. The predicted octanol–water partition coefficient (Wildman–Crippen LogP) is 4.40. The molecule has 0 saturated heterocycles. The number of hydrogen-bond donors (Lipinski definition) is 1. The van der Waals surface area contributed by atoms with E-state index in [1.54, 1.807) is 24.3 Å². The molecule has 1 N–H and O–H groups in total. The van der Waals surface area contributed by atoms with Gasteiger partial charge >= 0.3 is 0 Å². The minimum atomic E-state index is -1.05. The predicted molar refractivity (Wildman–Crippen MR) is 123 cm³/mol. The molecule has 0 bridgehead atoms. The number of hydrogen-bond acceptors (Lipinski definition) is 6. The highest BCUT2D eigenvalue weighted by Crippen LogP contribution is 2.36. The lowest BCUT2D eigenvalue weighted by Gasteiger charge is -2.32. The Hall–Kier alpha value is -4.01. The molecule has 1 fully saturated rings. The highest BCUT2D eigenvalue weighted by molar-refractivity contribution is 6.04. The maximum Gasteiger partial charge on any atom is 0.269 e. The van der Waals surface area contributed by atoms with Crippen LogP contribution in [-0.4, -0.2) is 32.8 Å². The van der Waals surface area contributed by atoms with Gasteiger partial charge in [0.2, 0.25) is 5.91 Å². The number of rotatable bonds is 5. The third kappa shape index (κ3) is 4.05. The van der Waals surface area contributed by atoms with Crippen molar-refractivity contribution in [3.05, 3.63) is 81.6 Å². The summed E-state index contributed by atoms with van der Waals surface area (Å²) >= 11 is 0. The number of nitro benzene ring substituents is 1. The van der Waals surface area contributed by atoms with Crippen LogP contribution in [0.2, 0.25) is 0 Å². The molecule has 3 aromatic rings. The zero-order valence-corrected chi connectivity index (χ0v) is 18.5. The summed E-state index contributed by atoms with van der Waals surface area (Å²) < 4.78 is 5.20. The van der Waals surface area contributed by atoms with E-state index in [0.29, 0.717) is 27.9 Å². The lowest BCUT2D eigenvalue weighted by atomic mass is 9.94. The summed E-state index contributed by atoms with van der Waals surface area (Å²) in [7, 11) is 0. The number of fused-ring (bicyclic) bond motifs is 3. The molecule has 0 spiro atoms. The Labute approximate surface area is 195 Å².